The largest absolute Gasteiger partial charge is 0.354 e. The SMILES string of the molecule is CCC(=O)NCCNC(=O)C(C)(C)Br. The summed E-state index contributed by atoms with van der Waals surface area (Å²) in [6, 6.07) is 0. The highest BCUT2D eigenvalue weighted by Gasteiger charge is 2.22. The van der Waals surface area contributed by atoms with E-state index in [1.807, 2.05) is 0 Å². The minimum atomic E-state index is -0.554. The first kappa shape index (κ1) is 13.4. The van der Waals surface area contributed by atoms with Crippen molar-refractivity contribution in [3.63, 3.8) is 0 Å². The van der Waals surface area contributed by atoms with E-state index in [1.165, 1.54) is 0 Å². The second-order valence-corrected chi connectivity index (χ2v) is 5.41. The number of amides is 2. The molecule has 0 aliphatic heterocycles. The first-order chi connectivity index (χ1) is 6.38. The minimum absolute atomic E-state index is 0.00245. The van der Waals surface area contributed by atoms with Crippen molar-refractivity contribution < 1.29 is 9.59 Å². The molecular formula is C9H17BrN2O2. The zero-order valence-corrected chi connectivity index (χ0v) is 10.4. The molecule has 2 N–H and O–H groups in total. The lowest BCUT2D eigenvalue weighted by Gasteiger charge is -2.15. The molecule has 0 saturated heterocycles. The first-order valence-corrected chi connectivity index (χ1v) is 5.41. The highest BCUT2D eigenvalue weighted by molar-refractivity contribution is 9.10. The van der Waals surface area contributed by atoms with Crippen molar-refractivity contribution in [3.05, 3.63) is 0 Å². The molecule has 14 heavy (non-hydrogen) atoms. The number of carbonyl (C=O) groups is 2. The van der Waals surface area contributed by atoms with Crippen LogP contribution in [0.3, 0.4) is 0 Å². The Morgan fingerprint density at radius 3 is 2.14 bits per heavy atom. The third kappa shape index (κ3) is 5.96. The molecule has 2 amide bonds. The van der Waals surface area contributed by atoms with Gasteiger partial charge >= 0.3 is 0 Å². The molecule has 5 heteroatoms. The Hall–Kier alpha value is -0.580. The van der Waals surface area contributed by atoms with Gasteiger partial charge in [-0.1, -0.05) is 22.9 Å². The van der Waals surface area contributed by atoms with Gasteiger partial charge in [-0.3, -0.25) is 9.59 Å². The van der Waals surface area contributed by atoms with Crippen LogP contribution in [0.4, 0.5) is 0 Å². The molecule has 0 radical (unpaired) electrons. The van der Waals surface area contributed by atoms with Crippen molar-refractivity contribution in [2.75, 3.05) is 13.1 Å². The zero-order chi connectivity index (χ0) is 11.2. The number of carbonyl (C=O) groups excluding carboxylic acids is 2. The topological polar surface area (TPSA) is 58.2 Å². The van der Waals surface area contributed by atoms with Gasteiger partial charge in [0, 0.05) is 19.5 Å². The summed E-state index contributed by atoms with van der Waals surface area (Å²) in [6.45, 7) is 6.26. The average molecular weight is 265 g/mol. The van der Waals surface area contributed by atoms with Gasteiger partial charge in [0.15, 0.2) is 0 Å². The maximum absolute atomic E-state index is 11.3. The summed E-state index contributed by atoms with van der Waals surface area (Å²) in [5.41, 5.74) is 0. The molecule has 0 atom stereocenters. The monoisotopic (exact) mass is 264 g/mol. The van der Waals surface area contributed by atoms with Crippen molar-refractivity contribution in [2.45, 2.75) is 31.5 Å². The molecule has 0 aliphatic carbocycles. The van der Waals surface area contributed by atoms with Crippen LogP contribution in [0.1, 0.15) is 27.2 Å². The Kier molecular flexibility index (Phi) is 5.76. The van der Waals surface area contributed by atoms with E-state index in [2.05, 4.69) is 26.6 Å². The first-order valence-electron chi connectivity index (χ1n) is 4.61. The lowest BCUT2D eigenvalue weighted by molar-refractivity contribution is -0.123. The number of hydrogen-bond donors (Lipinski definition) is 2. The molecule has 0 unspecified atom stereocenters. The Balaban J connectivity index is 3.56. The molecule has 0 heterocycles. The van der Waals surface area contributed by atoms with Crippen LogP contribution in [0.15, 0.2) is 0 Å². The summed E-state index contributed by atoms with van der Waals surface area (Å²) in [6.07, 6.45) is 0.470. The van der Waals surface area contributed by atoms with Gasteiger partial charge in [0.1, 0.15) is 0 Å². The van der Waals surface area contributed by atoms with Gasteiger partial charge in [0.2, 0.25) is 11.8 Å². The molecule has 0 spiro atoms. The maximum atomic E-state index is 11.3. The molecule has 0 aliphatic rings. The van der Waals surface area contributed by atoms with E-state index in [4.69, 9.17) is 0 Å². The summed E-state index contributed by atoms with van der Waals surface area (Å²) in [4.78, 5) is 22.1. The number of rotatable bonds is 5. The number of nitrogens with one attached hydrogen (secondary N) is 2. The van der Waals surface area contributed by atoms with Crippen molar-refractivity contribution in [3.8, 4) is 0 Å². The Bertz CT molecular complexity index is 211. The van der Waals surface area contributed by atoms with Gasteiger partial charge in [-0.2, -0.15) is 0 Å². The van der Waals surface area contributed by atoms with Crippen molar-refractivity contribution in [1.82, 2.24) is 10.6 Å². The molecule has 0 aromatic carbocycles. The van der Waals surface area contributed by atoms with E-state index >= 15 is 0 Å². The quantitative estimate of drug-likeness (QED) is 0.570. The molecule has 0 aromatic rings. The van der Waals surface area contributed by atoms with Crippen LogP contribution in [0.25, 0.3) is 0 Å². The van der Waals surface area contributed by atoms with Crippen molar-refractivity contribution in [1.29, 1.82) is 0 Å². The van der Waals surface area contributed by atoms with Crippen molar-refractivity contribution in [2.24, 2.45) is 0 Å². The molecule has 0 saturated carbocycles. The third-order valence-electron chi connectivity index (χ3n) is 1.59. The summed E-state index contributed by atoms with van der Waals surface area (Å²) < 4.78 is -0.554. The van der Waals surface area contributed by atoms with E-state index in [0.29, 0.717) is 19.5 Å². The van der Waals surface area contributed by atoms with E-state index in [1.54, 1.807) is 20.8 Å². The number of hydrogen-bond acceptors (Lipinski definition) is 2. The minimum Gasteiger partial charge on any atom is -0.354 e. The van der Waals surface area contributed by atoms with E-state index < -0.39 is 4.32 Å². The molecule has 0 rings (SSSR count). The van der Waals surface area contributed by atoms with E-state index in [0.717, 1.165) is 0 Å². The Labute approximate surface area is 92.9 Å². The highest BCUT2D eigenvalue weighted by Crippen LogP contribution is 2.14. The number of alkyl halides is 1. The second kappa shape index (κ2) is 6.01. The summed E-state index contributed by atoms with van der Waals surface area (Å²) >= 11 is 3.24. The lowest BCUT2D eigenvalue weighted by atomic mass is 10.2. The van der Waals surface area contributed by atoms with Crippen LogP contribution >= 0.6 is 15.9 Å². The zero-order valence-electron chi connectivity index (χ0n) is 8.82. The van der Waals surface area contributed by atoms with Gasteiger partial charge in [-0.15, -0.1) is 0 Å². The second-order valence-electron chi connectivity index (χ2n) is 3.43. The predicted octanol–water partition coefficient (Wildman–Crippen LogP) is 0.802. The van der Waals surface area contributed by atoms with Gasteiger partial charge in [-0.05, 0) is 13.8 Å². The van der Waals surface area contributed by atoms with E-state index in [-0.39, 0.29) is 11.8 Å². The normalized spacial score (nSPS) is 10.9. The van der Waals surface area contributed by atoms with Crippen LogP contribution in [-0.4, -0.2) is 29.2 Å². The number of halogens is 1. The third-order valence-corrected chi connectivity index (χ3v) is 1.95. The fraction of sp³-hybridized carbons (Fsp3) is 0.778. The fourth-order valence-electron chi connectivity index (χ4n) is 0.713. The molecule has 0 aromatic heterocycles. The Morgan fingerprint density at radius 2 is 1.71 bits per heavy atom. The fourth-order valence-corrected chi connectivity index (χ4v) is 0.853. The molecular weight excluding hydrogens is 248 g/mol. The predicted molar refractivity (Wildman–Crippen MR) is 59.3 cm³/mol. The van der Waals surface area contributed by atoms with Crippen molar-refractivity contribution >= 4 is 27.7 Å². The van der Waals surface area contributed by atoms with Crippen LogP contribution in [0, 0.1) is 0 Å². The van der Waals surface area contributed by atoms with Crippen LogP contribution in [-0.2, 0) is 9.59 Å². The summed E-state index contributed by atoms with van der Waals surface area (Å²) in [7, 11) is 0. The van der Waals surface area contributed by atoms with Crippen LogP contribution < -0.4 is 10.6 Å². The Morgan fingerprint density at radius 1 is 1.21 bits per heavy atom. The molecule has 0 bridgehead atoms. The molecule has 82 valence electrons. The van der Waals surface area contributed by atoms with Crippen LogP contribution in [0.5, 0.6) is 0 Å². The summed E-state index contributed by atoms with van der Waals surface area (Å²) in [5.74, 6) is -0.0828. The maximum Gasteiger partial charge on any atom is 0.236 e. The standard InChI is InChI=1S/C9H17BrN2O2/c1-4-7(13)11-5-6-12-8(14)9(2,3)10/h4-6H2,1-3H3,(H,11,13)(H,12,14). The average Bonchev–Trinajstić information content (AvgIpc) is 2.09. The lowest BCUT2D eigenvalue weighted by Crippen LogP contribution is -2.41. The highest BCUT2D eigenvalue weighted by atomic mass is 79.9. The van der Waals surface area contributed by atoms with Gasteiger partial charge in [0.05, 0.1) is 4.32 Å². The van der Waals surface area contributed by atoms with Gasteiger partial charge in [0.25, 0.3) is 0 Å². The smallest absolute Gasteiger partial charge is 0.236 e. The summed E-state index contributed by atoms with van der Waals surface area (Å²) in [5, 5.41) is 5.37. The van der Waals surface area contributed by atoms with Gasteiger partial charge in [-0.25, -0.2) is 0 Å². The van der Waals surface area contributed by atoms with Gasteiger partial charge < -0.3 is 10.6 Å². The van der Waals surface area contributed by atoms with Crippen LogP contribution in [0.2, 0.25) is 0 Å². The molecule has 4 nitrogen and oxygen atoms in total. The molecule has 0 fully saturated rings. The van der Waals surface area contributed by atoms with E-state index in [9.17, 15) is 9.59 Å².